The average Bonchev–Trinajstić information content (AvgIpc) is 3.14. The molecule has 1 aliphatic heterocycles. The molecule has 1 saturated heterocycles. The van der Waals surface area contributed by atoms with Gasteiger partial charge in [0.05, 0.1) is 5.56 Å². The second kappa shape index (κ2) is 9.68. The van der Waals surface area contributed by atoms with Crippen LogP contribution in [0.15, 0.2) is 30.7 Å². The Labute approximate surface area is 167 Å². The van der Waals surface area contributed by atoms with E-state index in [9.17, 15) is 4.79 Å². The number of rotatable bonds is 8. The second-order valence-corrected chi connectivity index (χ2v) is 7.92. The van der Waals surface area contributed by atoms with Crippen molar-refractivity contribution in [2.24, 2.45) is 0 Å². The molecule has 1 fully saturated rings. The number of amides is 1. The molecule has 3 heterocycles. The molecule has 0 bridgehead atoms. The molecule has 1 atom stereocenters. The number of aryl methyl sites for hydroxylation is 1. The summed E-state index contributed by atoms with van der Waals surface area (Å²) in [4.78, 5) is 23.5. The van der Waals surface area contributed by atoms with Crippen molar-refractivity contribution in [2.45, 2.75) is 51.6 Å². The van der Waals surface area contributed by atoms with Crippen molar-refractivity contribution < 1.29 is 4.79 Å². The first kappa shape index (κ1) is 20.3. The van der Waals surface area contributed by atoms with E-state index in [0.717, 1.165) is 44.1 Å². The standard InChI is InChI=1S/C21H32N6O/c1-16(2)20-22-10-13-27(20)12-5-9-23-21(28)17-7-8-19(24-14-17)25-18-6-4-11-26(3)15-18/h7-8,10,13-14,16,18H,4-6,9,11-12,15H2,1-3H3,(H,23,28)(H,24,25)/t18-/m1/s1. The van der Waals surface area contributed by atoms with E-state index >= 15 is 0 Å². The van der Waals surface area contributed by atoms with Crippen LogP contribution >= 0.6 is 0 Å². The molecule has 2 N–H and O–H groups in total. The summed E-state index contributed by atoms with van der Waals surface area (Å²) in [6.07, 6.45) is 8.70. The van der Waals surface area contributed by atoms with Gasteiger partial charge in [-0.05, 0) is 45.0 Å². The molecule has 2 aromatic heterocycles. The van der Waals surface area contributed by atoms with Crippen LogP contribution in [0.3, 0.4) is 0 Å². The fraction of sp³-hybridized carbons (Fsp3) is 0.571. The maximum absolute atomic E-state index is 12.3. The maximum Gasteiger partial charge on any atom is 0.252 e. The first-order valence-electron chi connectivity index (χ1n) is 10.2. The van der Waals surface area contributed by atoms with E-state index < -0.39 is 0 Å². The number of hydrogen-bond acceptors (Lipinski definition) is 5. The lowest BCUT2D eigenvalue weighted by Crippen LogP contribution is -2.39. The number of piperidine rings is 1. The number of anilines is 1. The van der Waals surface area contributed by atoms with Crippen molar-refractivity contribution in [1.82, 2.24) is 24.8 Å². The van der Waals surface area contributed by atoms with Crippen molar-refractivity contribution in [1.29, 1.82) is 0 Å². The Kier molecular flexibility index (Phi) is 7.03. The molecule has 1 aliphatic rings. The Bertz CT molecular complexity index is 755. The minimum absolute atomic E-state index is 0.0776. The average molecular weight is 385 g/mol. The smallest absolute Gasteiger partial charge is 0.252 e. The van der Waals surface area contributed by atoms with Crippen LogP contribution in [0.4, 0.5) is 5.82 Å². The van der Waals surface area contributed by atoms with Gasteiger partial charge in [-0.2, -0.15) is 0 Å². The van der Waals surface area contributed by atoms with Crippen LogP contribution in [-0.4, -0.2) is 58.1 Å². The SMILES string of the molecule is CC(C)c1nccn1CCCNC(=O)c1ccc(N[C@@H]2CCCN(C)C2)nc1. The molecule has 0 saturated carbocycles. The lowest BCUT2D eigenvalue weighted by molar-refractivity contribution is 0.0952. The molecule has 3 rings (SSSR count). The molecule has 0 radical (unpaired) electrons. The van der Waals surface area contributed by atoms with Crippen molar-refractivity contribution in [3.05, 3.63) is 42.1 Å². The molecule has 28 heavy (non-hydrogen) atoms. The highest BCUT2D eigenvalue weighted by atomic mass is 16.1. The third-order valence-electron chi connectivity index (χ3n) is 5.13. The van der Waals surface area contributed by atoms with Crippen LogP contribution in [0.1, 0.15) is 55.2 Å². The van der Waals surface area contributed by atoms with Gasteiger partial charge in [0, 0.05) is 50.2 Å². The zero-order chi connectivity index (χ0) is 19.9. The molecule has 0 spiro atoms. The third kappa shape index (κ3) is 5.55. The van der Waals surface area contributed by atoms with E-state index in [2.05, 4.69) is 51.0 Å². The molecule has 7 nitrogen and oxygen atoms in total. The molecular formula is C21H32N6O. The Morgan fingerprint density at radius 2 is 2.18 bits per heavy atom. The molecule has 7 heteroatoms. The summed E-state index contributed by atoms with van der Waals surface area (Å²) in [6.45, 7) is 7.94. The summed E-state index contributed by atoms with van der Waals surface area (Å²) in [5.41, 5.74) is 0.594. The first-order chi connectivity index (χ1) is 13.5. The highest BCUT2D eigenvalue weighted by Gasteiger charge is 2.17. The minimum atomic E-state index is -0.0776. The number of hydrogen-bond donors (Lipinski definition) is 2. The Balaban J connectivity index is 1.42. The molecule has 0 aliphatic carbocycles. The van der Waals surface area contributed by atoms with Crippen molar-refractivity contribution in [3.63, 3.8) is 0 Å². The van der Waals surface area contributed by atoms with Gasteiger partial charge in [0.1, 0.15) is 11.6 Å². The monoisotopic (exact) mass is 384 g/mol. The fourth-order valence-corrected chi connectivity index (χ4v) is 3.67. The minimum Gasteiger partial charge on any atom is -0.366 e. The maximum atomic E-state index is 12.3. The molecule has 2 aromatic rings. The Hall–Kier alpha value is -2.41. The number of pyridine rings is 1. The summed E-state index contributed by atoms with van der Waals surface area (Å²) in [5, 5.41) is 6.44. The van der Waals surface area contributed by atoms with Gasteiger partial charge in [-0.1, -0.05) is 13.8 Å². The zero-order valence-corrected chi connectivity index (χ0v) is 17.2. The topological polar surface area (TPSA) is 75.1 Å². The van der Waals surface area contributed by atoms with Gasteiger partial charge in [-0.3, -0.25) is 4.79 Å². The number of likely N-dealkylation sites (tertiary alicyclic amines) is 1. The summed E-state index contributed by atoms with van der Waals surface area (Å²) >= 11 is 0. The number of nitrogens with zero attached hydrogens (tertiary/aromatic N) is 4. The number of likely N-dealkylation sites (N-methyl/N-ethyl adjacent to an activating group) is 1. The number of imidazole rings is 1. The highest BCUT2D eigenvalue weighted by Crippen LogP contribution is 2.14. The quantitative estimate of drug-likeness (QED) is 0.685. The van der Waals surface area contributed by atoms with Crippen LogP contribution in [0.5, 0.6) is 0 Å². The number of carbonyl (C=O) groups is 1. The Morgan fingerprint density at radius 1 is 1.32 bits per heavy atom. The molecule has 1 amide bonds. The predicted octanol–water partition coefficient (Wildman–Crippen LogP) is 2.73. The molecule has 0 aromatic carbocycles. The van der Waals surface area contributed by atoms with E-state index in [1.54, 1.807) is 6.20 Å². The van der Waals surface area contributed by atoms with Crippen molar-refractivity contribution in [2.75, 3.05) is 32.0 Å². The van der Waals surface area contributed by atoms with E-state index in [0.29, 0.717) is 24.1 Å². The van der Waals surface area contributed by atoms with Crippen LogP contribution in [0, 0.1) is 0 Å². The number of nitrogens with one attached hydrogen (secondary N) is 2. The normalized spacial score (nSPS) is 17.6. The molecular weight excluding hydrogens is 352 g/mol. The van der Waals surface area contributed by atoms with Crippen LogP contribution < -0.4 is 10.6 Å². The lowest BCUT2D eigenvalue weighted by Gasteiger charge is -2.30. The van der Waals surface area contributed by atoms with Crippen molar-refractivity contribution in [3.8, 4) is 0 Å². The lowest BCUT2D eigenvalue weighted by atomic mass is 10.1. The molecule has 152 valence electrons. The first-order valence-corrected chi connectivity index (χ1v) is 10.2. The third-order valence-corrected chi connectivity index (χ3v) is 5.13. The number of aromatic nitrogens is 3. The zero-order valence-electron chi connectivity index (χ0n) is 17.2. The number of carbonyl (C=O) groups excluding carboxylic acids is 1. The van der Waals surface area contributed by atoms with Crippen LogP contribution in [-0.2, 0) is 6.54 Å². The molecule has 0 unspecified atom stereocenters. The van der Waals surface area contributed by atoms with Crippen molar-refractivity contribution >= 4 is 11.7 Å². The van der Waals surface area contributed by atoms with Gasteiger partial charge in [0.25, 0.3) is 5.91 Å². The van der Waals surface area contributed by atoms with Gasteiger partial charge in [-0.15, -0.1) is 0 Å². The van der Waals surface area contributed by atoms with Crippen LogP contribution in [0.25, 0.3) is 0 Å². The largest absolute Gasteiger partial charge is 0.366 e. The van der Waals surface area contributed by atoms with E-state index in [1.165, 1.54) is 6.42 Å². The summed E-state index contributed by atoms with van der Waals surface area (Å²) in [7, 11) is 2.14. The van der Waals surface area contributed by atoms with E-state index in [1.807, 2.05) is 24.5 Å². The Morgan fingerprint density at radius 3 is 2.89 bits per heavy atom. The summed E-state index contributed by atoms with van der Waals surface area (Å²) < 4.78 is 2.15. The van der Waals surface area contributed by atoms with Gasteiger partial charge in [-0.25, -0.2) is 9.97 Å². The second-order valence-electron chi connectivity index (χ2n) is 7.92. The highest BCUT2D eigenvalue weighted by molar-refractivity contribution is 5.94. The fourth-order valence-electron chi connectivity index (χ4n) is 3.67. The van der Waals surface area contributed by atoms with Gasteiger partial charge in [0.2, 0.25) is 0 Å². The predicted molar refractivity (Wildman–Crippen MR) is 112 cm³/mol. The van der Waals surface area contributed by atoms with E-state index in [4.69, 9.17) is 0 Å². The van der Waals surface area contributed by atoms with Crippen LogP contribution in [0.2, 0.25) is 0 Å². The van der Waals surface area contributed by atoms with Gasteiger partial charge >= 0.3 is 0 Å². The summed E-state index contributed by atoms with van der Waals surface area (Å²) in [5.74, 6) is 2.24. The van der Waals surface area contributed by atoms with Gasteiger partial charge in [0.15, 0.2) is 0 Å². The summed E-state index contributed by atoms with van der Waals surface area (Å²) in [6, 6.07) is 4.15. The van der Waals surface area contributed by atoms with E-state index in [-0.39, 0.29) is 5.91 Å². The van der Waals surface area contributed by atoms with Gasteiger partial charge < -0.3 is 20.1 Å².